The van der Waals surface area contributed by atoms with E-state index in [1.54, 1.807) is 12.1 Å². The normalized spacial score (nSPS) is 10.1. The zero-order valence-electron chi connectivity index (χ0n) is 8.31. The van der Waals surface area contributed by atoms with Gasteiger partial charge >= 0.3 is 0 Å². The molecule has 1 aromatic carbocycles. The summed E-state index contributed by atoms with van der Waals surface area (Å²) in [6, 6.07) is 7.42. The van der Waals surface area contributed by atoms with Crippen LogP contribution in [0.25, 0.3) is 0 Å². The molecule has 0 aliphatic heterocycles. The van der Waals surface area contributed by atoms with E-state index in [1.807, 2.05) is 0 Å². The number of amides is 1. The van der Waals surface area contributed by atoms with Crippen molar-refractivity contribution in [3.05, 3.63) is 53.7 Å². The van der Waals surface area contributed by atoms with Crippen LogP contribution in [0.4, 0.5) is 4.39 Å². The maximum atomic E-state index is 13.2. The van der Waals surface area contributed by atoms with Crippen LogP contribution in [0, 0.1) is 5.82 Å². The van der Waals surface area contributed by atoms with E-state index in [9.17, 15) is 9.18 Å². The van der Waals surface area contributed by atoms with E-state index in [2.05, 4.69) is 10.5 Å². The minimum Gasteiger partial charge on any atom is -0.360 e. The molecule has 0 spiro atoms. The van der Waals surface area contributed by atoms with Gasteiger partial charge < -0.3 is 9.84 Å². The Balaban J connectivity index is 2.01. The Bertz CT molecular complexity index is 482. The van der Waals surface area contributed by atoms with Crippen molar-refractivity contribution in [2.75, 3.05) is 0 Å². The highest BCUT2D eigenvalue weighted by atomic mass is 19.1. The first-order valence-electron chi connectivity index (χ1n) is 4.69. The van der Waals surface area contributed by atoms with Crippen molar-refractivity contribution in [1.82, 2.24) is 10.5 Å². The summed E-state index contributed by atoms with van der Waals surface area (Å²) in [5, 5.41) is 6.02. The van der Waals surface area contributed by atoms with Gasteiger partial charge in [0, 0.05) is 6.07 Å². The maximum Gasteiger partial charge on any atom is 0.254 e. The summed E-state index contributed by atoms with van der Waals surface area (Å²) in [7, 11) is 0. The number of aromatic nitrogens is 1. The van der Waals surface area contributed by atoms with E-state index < -0.39 is 11.7 Å². The second-order valence-electron chi connectivity index (χ2n) is 3.14. The number of benzene rings is 1. The Labute approximate surface area is 91.1 Å². The number of carbonyl (C=O) groups excluding carboxylic acids is 1. The number of rotatable bonds is 3. The average Bonchev–Trinajstić information content (AvgIpc) is 2.79. The molecule has 1 aromatic heterocycles. The van der Waals surface area contributed by atoms with Crippen molar-refractivity contribution in [2.24, 2.45) is 0 Å². The highest BCUT2D eigenvalue weighted by Crippen LogP contribution is 2.06. The molecule has 0 unspecified atom stereocenters. The van der Waals surface area contributed by atoms with Crippen LogP contribution in [0.5, 0.6) is 0 Å². The molecule has 82 valence electrons. The monoisotopic (exact) mass is 220 g/mol. The predicted octanol–water partition coefficient (Wildman–Crippen LogP) is 1.74. The molecule has 0 bridgehead atoms. The van der Waals surface area contributed by atoms with Gasteiger partial charge in [-0.2, -0.15) is 0 Å². The first-order valence-corrected chi connectivity index (χ1v) is 4.69. The second-order valence-corrected chi connectivity index (χ2v) is 3.14. The lowest BCUT2D eigenvalue weighted by Crippen LogP contribution is -2.23. The molecule has 4 nitrogen and oxygen atoms in total. The van der Waals surface area contributed by atoms with Crippen LogP contribution in [0.15, 0.2) is 41.1 Å². The van der Waals surface area contributed by atoms with E-state index in [-0.39, 0.29) is 12.1 Å². The van der Waals surface area contributed by atoms with Gasteiger partial charge in [-0.25, -0.2) is 4.39 Å². The predicted molar refractivity (Wildman–Crippen MR) is 54.1 cm³/mol. The fraction of sp³-hybridized carbons (Fsp3) is 0.0909. The lowest BCUT2D eigenvalue weighted by Gasteiger charge is -2.03. The molecule has 1 amide bonds. The molecule has 0 fully saturated rings. The van der Waals surface area contributed by atoms with Gasteiger partial charge in [0.2, 0.25) is 0 Å². The third-order valence-electron chi connectivity index (χ3n) is 2.03. The van der Waals surface area contributed by atoms with Crippen molar-refractivity contribution in [3.8, 4) is 0 Å². The molecule has 1 heterocycles. The minimum atomic E-state index is -0.544. The van der Waals surface area contributed by atoms with Crippen LogP contribution >= 0.6 is 0 Å². The largest absolute Gasteiger partial charge is 0.360 e. The molecule has 0 saturated carbocycles. The molecule has 1 N–H and O–H groups in total. The Morgan fingerprint density at radius 1 is 1.38 bits per heavy atom. The SMILES string of the molecule is O=C(NCc1ccno1)c1ccccc1F. The third-order valence-corrected chi connectivity index (χ3v) is 2.03. The number of nitrogens with zero attached hydrogens (tertiary/aromatic N) is 1. The maximum absolute atomic E-state index is 13.2. The second kappa shape index (κ2) is 4.57. The molecule has 2 aromatic rings. The van der Waals surface area contributed by atoms with E-state index >= 15 is 0 Å². The van der Waals surface area contributed by atoms with E-state index in [0.29, 0.717) is 5.76 Å². The Morgan fingerprint density at radius 2 is 2.19 bits per heavy atom. The molecule has 0 aliphatic carbocycles. The van der Waals surface area contributed by atoms with Crippen molar-refractivity contribution >= 4 is 5.91 Å². The fourth-order valence-electron chi connectivity index (χ4n) is 1.24. The first-order chi connectivity index (χ1) is 7.77. The van der Waals surface area contributed by atoms with Crippen molar-refractivity contribution in [1.29, 1.82) is 0 Å². The standard InChI is InChI=1S/C11H9FN2O2/c12-10-4-2-1-3-9(10)11(15)13-7-8-5-6-14-16-8/h1-6H,7H2,(H,13,15). The van der Waals surface area contributed by atoms with Crippen molar-refractivity contribution in [2.45, 2.75) is 6.54 Å². The van der Waals surface area contributed by atoms with E-state index in [0.717, 1.165) is 0 Å². The van der Waals surface area contributed by atoms with Crippen molar-refractivity contribution < 1.29 is 13.7 Å². The van der Waals surface area contributed by atoms with Crippen LogP contribution < -0.4 is 5.32 Å². The summed E-state index contributed by atoms with van der Waals surface area (Å²) in [5.41, 5.74) is 0.0158. The quantitative estimate of drug-likeness (QED) is 0.857. The van der Waals surface area contributed by atoms with Gasteiger partial charge in [-0.05, 0) is 12.1 Å². The lowest BCUT2D eigenvalue weighted by molar-refractivity contribution is 0.0943. The molecule has 0 aliphatic rings. The molecule has 0 radical (unpaired) electrons. The third kappa shape index (κ3) is 2.25. The highest BCUT2D eigenvalue weighted by molar-refractivity contribution is 5.94. The van der Waals surface area contributed by atoms with Crippen LogP contribution in [-0.2, 0) is 6.54 Å². The Morgan fingerprint density at radius 3 is 2.88 bits per heavy atom. The smallest absolute Gasteiger partial charge is 0.254 e. The summed E-state index contributed by atoms with van der Waals surface area (Å²) in [4.78, 5) is 11.5. The molecule has 5 heteroatoms. The van der Waals surface area contributed by atoms with Crippen LogP contribution in [-0.4, -0.2) is 11.1 Å². The fourth-order valence-corrected chi connectivity index (χ4v) is 1.24. The summed E-state index contributed by atoms with van der Waals surface area (Å²) in [5.74, 6) is -0.503. The van der Waals surface area contributed by atoms with Gasteiger partial charge in [-0.3, -0.25) is 4.79 Å². The van der Waals surface area contributed by atoms with E-state index in [4.69, 9.17) is 4.52 Å². The number of nitrogens with one attached hydrogen (secondary N) is 1. The minimum absolute atomic E-state index is 0.0158. The van der Waals surface area contributed by atoms with Gasteiger partial charge in [0.1, 0.15) is 5.82 Å². The molecular formula is C11H9FN2O2. The van der Waals surface area contributed by atoms with E-state index in [1.165, 1.54) is 24.4 Å². The Kier molecular flexibility index (Phi) is 2.95. The highest BCUT2D eigenvalue weighted by Gasteiger charge is 2.10. The zero-order valence-corrected chi connectivity index (χ0v) is 8.31. The molecule has 16 heavy (non-hydrogen) atoms. The molecule has 2 rings (SSSR count). The Hall–Kier alpha value is -2.17. The zero-order chi connectivity index (χ0) is 11.4. The van der Waals surface area contributed by atoms with Crippen LogP contribution in [0.1, 0.15) is 16.1 Å². The summed E-state index contributed by atoms with van der Waals surface area (Å²) < 4.78 is 18.0. The summed E-state index contributed by atoms with van der Waals surface area (Å²) >= 11 is 0. The lowest BCUT2D eigenvalue weighted by atomic mass is 10.2. The molecule has 0 saturated heterocycles. The molecule has 0 atom stereocenters. The number of hydrogen-bond donors (Lipinski definition) is 1. The van der Waals surface area contributed by atoms with Gasteiger partial charge in [-0.1, -0.05) is 17.3 Å². The van der Waals surface area contributed by atoms with Gasteiger partial charge in [0.15, 0.2) is 5.76 Å². The van der Waals surface area contributed by atoms with Gasteiger partial charge in [0.05, 0.1) is 18.3 Å². The summed E-state index contributed by atoms with van der Waals surface area (Å²) in [6.07, 6.45) is 1.48. The van der Waals surface area contributed by atoms with Crippen LogP contribution in [0.3, 0.4) is 0 Å². The number of carbonyl (C=O) groups is 1. The van der Waals surface area contributed by atoms with Crippen LogP contribution in [0.2, 0.25) is 0 Å². The number of halogens is 1. The van der Waals surface area contributed by atoms with Gasteiger partial charge in [0.25, 0.3) is 5.91 Å². The average molecular weight is 220 g/mol. The first kappa shape index (κ1) is 10.4. The topological polar surface area (TPSA) is 55.1 Å². The van der Waals surface area contributed by atoms with Gasteiger partial charge in [-0.15, -0.1) is 0 Å². The summed E-state index contributed by atoms with van der Waals surface area (Å²) in [6.45, 7) is 0.188. The molecular weight excluding hydrogens is 211 g/mol. The number of hydrogen-bond acceptors (Lipinski definition) is 3. The van der Waals surface area contributed by atoms with Crippen molar-refractivity contribution in [3.63, 3.8) is 0 Å².